The normalized spacial score (nSPS) is 10.7. The molecule has 0 aliphatic carbocycles. The number of ether oxygens (including phenoxy) is 1. The topological polar surface area (TPSA) is 81.4 Å². The molecule has 1 heterocycles. The maximum atomic E-state index is 11.9. The van der Waals surface area contributed by atoms with Gasteiger partial charge in [0.25, 0.3) is 0 Å². The van der Waals surface area contributed by atoms with Gasteiger partial charge in [-0.1, -0.05) is 23.7 Å². The average Bonchev–Trinajstić information content (AvgIpc) is 2.66. The fourth-order valence-corrected chi connectivity index (χ4v) is 3.22. The Kier molecular flexibility index (Phi) is 5.98. The predicted molar refractivity (Wildman–Crippen MR) is 114 cm³/mol. The van der Waals surface area contributed by atoms with E-state index in [0.29, 0.717) is 17.3 Å². The monoisotopic (exact) mass is 412 g/mol. The van der Waals surface area contributed by atoms with Crippen LogP contribution in [0.4, 0.5) is 17.2 Å². The third-order valence-corrected chi connectivity index (χ3v) is 5.06. The highest BCUT2D eigenvalue weighted by Gasteiger charge is 2.29. The lowest BCUT2D eigenvalue weighted by Crippen LogP contribution is -2.19. The number of nitro groups is 1. The lowest BCUT2D eigenvalue weighted by atomic mass is 10.1. The first-order valence-electron chi connectivity index (χ1n) is 9.10. The quantitative estimate of drug-likeness (QED) is 0.369. The lowest BCUT2D eigenvalue weighted by Gasteiger charge is -2.22. The van der Waals surface area contributed by atoms with Crippen molar-refractivity contribution in [2.75, 3.05) is 11.4 Å². The summed E-state index contributed by atoms with van der Waals surface area (Å²) in [6.45, 7) is 8.04. The van der Waals surface area contributed by atoms with Crippen molar-refractivity contribution in [3.8, 4) is 11.6 Å². The first-order chi connectivity index (χ1) is 13.8. The second-order valence-electron chi connectivity index (χ2n) is 6.66. The lowest BCUT2D eigenvalue weighted by molar-refractivity contribution is -0.385. The second kappa shape index (κ2) is 8.45. The van der Waals surface area contributed by atoms with Crippen molar-refractivity contribution in [3.05, 3.63) is 74.6 Å². The van der Waals surface area contributed by atoms with Gasteiger partial charge in [0.2, 0.25) is 5.82 Å². The number of aromatic nitrogens is 2. The highest BCUT2D eigenvalue weighted by Crippen LogP contribution is 2.39. The van der Waals surface area contributed by atoms with Crippen molar-refractivity contribution in [1.82, 2.24) is 9.97 Å². The van der Waals surface area contributed by atoms with E-state index in [1.54, 1.807) is 17.0 Å². The summed E-state index contributed by atoms with van der Waals surface area (Å²) in [6.07, 6.45) is 1.27. The van der Waals surface area contributed by atoms with E-state index in [1.165, 1.54) is 6.33 Å². The zero-order valence-electron chi connectivity index (χ0n) is 16.6. The van der Waals surface area contributed by atoms with Crippen LogP contribution in [0.1, 0.15) is 23.6 Å². The molecule has 0 N–H and O–H groups in total. The molecule has 0 spiro atoms. The van der Waals surface area contributed by atoms with Gasteiger partial charge in [0.15, 0.2) is 0 Å². The van der Waals surface area contributed by atoms with E-state index in [4.69, 9.17) is 16.3 Å². The summed E-state index contributed by atoms with van der Waals surface area (Å²) in [6, 6.07) is 11.1. The van der Waals surface area contributed by atoms with Crippen molar-refractivity contribution in [2.24, 2.45) is 0 Å². The Morgan fingerprint density at radius 1 is 1.14 bits per heavy atom. The van der Waals surface area contributed by atoms with Crippen molar-refractivity contribution in [2.45, 2.75) is 27.7 Å². The molecule has 7 nitrogen and oxygen atoms in total. The Hall–Kier alpha value is -3.19. The maximum Gasteiger partial charge on any atom is 0.373 e. The van der Waals surface area contributed by atoms with Crippen molar-refractivity contribution in [1.29, 1.82) is 0 Å². The summed E-state index contributed by atoms with van der Waals surface area (Å²) in [5.41, 5.74) is 3.18. The van der Waals surface area contributed by atoms with Crippen LogP contribution >= 0.6 is 11.6 Å². The van der Waals surface area contributed by atoms with Crippen LogP contribution in [-0.2, 0) is 0 Å². The van der Waals surface area contributed by atoms with E-state index in [0.717, 1.165) is 22.4 Å². The molecule has 8 heteroatoms. The van der Waals surface area contributed by atoms with Gasteiger partial charge < -0.3 is 9.64 Å². The Morgan fingerprint density at radius 2 is 1.83 bits per heavy atom. The van der Waals surface area contributed by atoms with E-state index < -0.39 is 4.92 Å². The first kappa shape index (κ1) is 20.5. The average molecular weight is 413 g/mol. The molecule has 0 saturated carbocycles. The zero-order valence-corrected chi connectivity index (χ0v) is 17.4. The number of halogens is 1. The molecule has 0 aliphatic heterocycles. The molecule has 150 valence electrons. The summed E-state index contributed by atoms with van der Waals surface area (Å²) in [4.78, 5) is 21.4. The van der Waals surface area contributed by atoms with Gasteiger partial charge in [-0.05, 0) is 68.7 Å². The van der Waals surface area contributed by atoms with Crippen LogP contribution in [0.3, 0.4) is 0 Å². The molecule has 0 saturated heterocycles. The van der Waals surface area contributed by atoms with E-state index >= 15 is 0 Å². The molecule has 0 fully saturated rings. The number of rotatable bonds is 6. The minimum absolute atomic E-state index is 0.118. The van der Waals surface area contributed by atoms with Gasteiger partial charge in [-0.2, -0.15) is 4.98 Å². The number of hydrogen-bond acceptors (Lipinski definition) is 6. The van der Waals surface area contributed by atoms with Crippen LogP contribution in [-0.4, -0.2) is 21.4 Å². The fraction of sp³-hybridized carbons (Fsp3) is 0.238. The molecule has 3 rings (SSSR count). The number of anilines is 2. The Labute approximate surface area is 174 Å². The number of hydrogen-bond donors (Lipinski definition) is 0. The number of benzene rings is 2. The molecule has 0 bridgehead atoms. The maximum absolute atomic E-state index is 11.9. The van der Waals surface area contributed by atoms with Crippen LogP contribution in [0.2, 0.25) is 5.02 Å². The fourth-order valence-electron chi connectivity index (χ4n) is 3.11. The molecule has 0 radical (unpaired) electrons. The van der Waals surface area contributed by atoms with Crippen LogP contribution in [0.5, 0.6) is 11.6 Å². The second-order valence-corrected chi connectivity index (χ2v) is 7.04. The van der Waals surface area contributed by atoms with Gasteiger partial charge in [0.05, 0.1) is 4.92 Å². The summed E-state index contributed by atoms with van der Waals surface area (Å²) in [7, 11) is 0. The third-order valence-electron chi connectivity index (χ3n) is 4.46. The van der Waals surface area contributed by atoms with E-state index in [9.17, 15) is 10.1 Å². The van der Waals surface area contributed by atoms with E-state index in [2.05, 4.69) is 9.97 Å². The van der Waals surface area contributed by atoms with Crippen LogP contribution < -0.4 is 9.64 Å². The van der Waals surface area contributed by atoms with Crippen molar-refractivity contribution in [3.63, 3.8) is 0 Å². The summed E-state index contributed by atoms with van der Waals surface area (Å²) in [5, 5.41) is 12.6. The smallest absolute Gasteiger partial charge is 0.373 e. The Morgan fingerprint density at radius 3 is 2.41 bits per heavy atom. The zero-order chi connectivity index (χ0) is 21.1. The van der Waals surface area contributed by atoms with Gasteiger partial charge >= 0.3 is 11.6 Å². The predicted octanol–water partition coefficient (Wildman–Crippen LogP) is 5.91. The number of aryl methyl sites for hydroxylation is 3. The van der Waals surface area contributed by atoms with Gasteiger partial charge in [-0.3, -0.25) is 10.1 Å². The molecule has 0 unspecified atom stereocenters. The standard InChI is InChI=1S/C21H21ClN4O3/c1-5-25(16-8-6-7-13(2)9-16)20-19(26(27)28)21(24-12-23-20)29-17-10-14(3)18(22)15(4)11-17/h6-12H,5H2,1-4H3. The first-order valence-corrected chi connectivity index (χ1v) is 9.47. The SMILES string of the molecule is CCN(c1cccc(C)c1)c1ncnc(Oc2cc(C)c(Cl)c(C)c2)c1[N+](=O)[O-]. The largest absolute Gasteiger partial charge is 0.434 e. The molecule has 0 amide bonds. The van der Waals surface area contributed by atoms with Crippen LogP contribution in [0.25, 0.3) is 0 Å². The van der Waals surface area contributed by atoms with Crippen LogP contribution in [0, 0.1) is 30.9 Å². The summed E-state index contributed by atoms with van der Waals surface area (Å²) < 4.78 is 5.80. The van der Waals surface area contributed by atoms with Gasteiger partial charge in [0, 0.05) is 17.3 Å². The molecule has 3 aromatic rings. The van der Waals surface area contributed by atoms with Crippen molar-refractivity contribution < 1.29 is 9.66 Å². The van der Waals surface area contributed by atoms with E-state index in [1.807, 2.05) is 52.0 Å². The summed E-state index contributed by atoms with van der Waals surface area (Å²) >= 11 is 6.20. The molecule has 1 aromatic heterocycles. The molecule has 2 aromatic carbocycles. The van der Waals surface area contributed by atoms with E-state index in [-0.39, 0.29) is 17.4 Å². The Balaban J connectivity index is 2.10. The minimum Gasteiger partial charge on any atom is -0.434 e. The molecular weight excluding hydrogens is 392 g/mol. The summed E-state index contributed by atoms with van der Waals surface area (Å²) in [5.74, 6) is 0.485. The molecular formula is C21H21ClN4O3. The molecule has 0 aliphatic rings. The highest BCUT2D eigenvalue weighted by molar-refractivity contribution is 6.32. The van der Waals surface area contributed by atoms with Gasteiger partial charge in [0.1, 0.15) is 12.1 Å². The molecule has 0 atom stereocenters. The minimum atomic E-state index is -0.515. The number of nitrogens with zero attached hydrogens (tertiary/aromatic N) is 4. The molecule has 29 heavy (non-hydrogen) atoms. The third kappa shape index (κ3) is 4.30. The van der Waals surface area contributed by atoms with Gasteiger partial charge in [-0.25, -0.2) is 4.98 Å². The highest BCUT2D eigenvalue weighted by atomic mass is 35.5. The van der Waals surface area contributed by atoms with Gasteiger partial charge in [-0.15, -0.1) is 0 Å². The van der Waals surface area contributed by atoms with Crippen molar-refractivity contribution >= 4 is 28.8 Å². The Bertz CT molecular complexity index is 1050. The van der Waals surface area contributed by atoms with Crippen LogP contribution in [0.15, 0.2) is 42.7 Å².